The highest BCUT2D eigenvalue weighted by atomic mass is 32.2. The molecule has 1 heterocycles. The third kappa shape index (κ3) is 8.95. The van der Waals surface area contributed by atoms with E-state index in [1.807, 2.05) is 19.1 Å². The van der Waals surface area contributed by atoms with Crippen LogP contribution in [-0.2, 0) is 27.4 Å². The number of methoxy groups -OCH3 is 1. The number of carbonyl (C=O) groups excluding carboxylic acids is 3. The Bertz CT molecular complexity index is 1580. The number of thiazole rings is 1. The fraction of sp³-hybridized carbons (Fsp3) is 0.312. The van der Waals surface area contributed by atoms with Gasteiger partial charge in [0.2, 0.25) is 5.91 Å². The van der Waals surface area contributed by atoms with Crippen molar-refractivity contribution in [1.29, 1.82) is 0 Å². The second-order valence-corrected chi connectivity index (χ2v) is 12.1. The summed E-state index contributed by atoms with van der Waals surface area (Å²) in [7, 11) is 1.58. The predicted octanol–water partition coefficient (Wildman–Crippen LogP) is 6.80. The summed E-state index contributed by atoms with van der Waals surface area (Å²) >= 11 is 3.14. The van der Waals surface area contributed by atoms with E-state index in [0.29, 0.717) is 41.3 Å². The number of hydrogen-bond acceptors (Lipinski definition) is 10. The van der Waals surface area contributed by atoms with Gasteiger partial charge >= 0.3 is 5.97 Å². The second kappa shape index (κ2) is 15.4. The van der Waals surface area contributed by atoms with Gasteiger partial charge in [-0.1, -0.05) is 37.2 Å². The van der Waals surface area contributed by atoms with Crippen LogP contribution in [-0.4, -0.2) is 47.2 Å². The van der Waals surface area contributed by atoms with Crippen molar-refractivity contribution < 1.29 is 33.7 Å². The van der Waals surface area contributed by atoms with Gasteiger partial charge in [-0.15, -0.1) is 11.3 Å². The van der Waals surface area contributed by atoms with E-state index in [2.05, 4.69) is 10.3 Å². The summed E-state index contributed by atoms with van der Waals surface area (Å²) in [6.07, 6.45) is 1.82. The number of ketones is 1. The molecule has 226 valence electrons. The minimum absolute atomic E-state index is 0.0101. The maximum Gasteiger partial charge on any atom is 0.315 e. The van der Waals surface area contributed by atoms with Crippen molar-refractivity contribution in [3.8, 4) is 17.2 Å². The Morgan fingerprint density at radius 2 is 1.86 bits per heavy atom. The lowest BCUT2D eigenvalue weighted by Gasteiger charge is -2.14. The number of aromatic nitrogens is 1. The highest BCUT2D eigenvalue weighted by Crippen LogP contribution is 2.34. The van der Waals surface area contributed by atoms with Crippen molar-refractivity contribution in [2.75, 3.05) is 24.8 Å². The van der Waals surface area contributed by atoms with Gasteiger partial charge in [0.1, 0.15) is 30.3 Å². The summed E-state index contributed by atoms with van der Waals surface area (Å²) in [6.45, 7) is 3.99. The first-order chi connectivity index (χ1) is 20.8. The highest BCUT2D eigenvalue weighted by molar-refractivity contribution is 8.01. The van der Waals surface area contributed by atoms with Crippen LogP contribution in [0.1, 0.15) is 54.6 Å². The van der Waals surface area contributed by atoms with Gasteiger partial charge < -0.3 is 24.6 Å². The molecule has 9 nitrogen and oxygen atoms in total. The van der Waals surface area contributed by atoms with Crippen molar-refractivity contribution in [3.05, 3.63) is 71.3 Å². The van der Waals surface area contributed by atoms with E-state index < -0.39 is 11.9 Å². The molecule has 1 aromatic heterocycles. The molecule has 0 fully saturated rings. The number of phenols is 1. The lowest BCUT2D eigenvalue weighted by Crippen LogP contribution is -2.18. The number of thioether (sulfide) groups is 1. The van der Waals surface area contributed by atoms with Crippen molar-refractivity contribution in [2.45, 2.75) is 50.5 Å². The number of rotatable bonds is 15. The average molecular weight is 623 g/mol. The number of fused-ring (bicyclic) bond motifs is 1. The zero-order chi connectivity index (χ0) is 30.8. The van der Waals surface area contributed by atoms with Crippen molar-refractivity contribution in [1.82, 2.24) is 4.98 Å². The van der Waals surface area contributed by atoms with E-state index in [4.69, 9.17) is 14.2 Å². The molecule has 0 aliphatic rings. The van der Waals surface area contributed by atoms with Crippen molar-refractivity contribution in [2.24, 2.45) is 0 Å². The van der Waals surface area contributed by atoms with Gasteiger partial charge in [0.15, 0.2) is 10.1 Å². The van der Waals surface area contributed by atoms with Gasteiger partial charge in [-0.2, -0.15) is 0 Å². The zero-order valence-corrected chi connectivity index (χ0v) is 25.9. The summed E-state index contributed by atoms with van der Waals surface area (Å²) < 4.78 is 18.1. The number of carbonyl (C=O) groups is 3. The number of amides is 1. The minimum Gasteiger partial charge on any atom is -0.507 e. The molecule has 0 aliphatic heterocycles. The summed E-state index contributed by atoms with van der Waals surface area (Å²) in [5, 5.41) is 13.3. The monoisotopic (exact) mass is 622 g/mol. The van der Waals surface area contributed by atoms with E-state index >= 15 is 0 Å². The molecule has 0 aliphatic carbocycles. The van der Waals surface area contributed by atoms with Crippen LogP contribution in [0.3, 0.4) is 0 Å². The average Bonchev–Trinajstić information content (AvgIpc) is 3.39. The molecule has 43 heavy (non-hydrogen) atoms. The molecule has 0 bridgehead atoms. The van der Waals surface area contributed by atoms with Crippen LogP contribution in [0.25, 0.3) is 10.2 Å². The summed E-state index contributed by atoms with van der Waals surface area (Å²) in [5.74, 6) is 0.866. The highest BCUT2D eigenvalue weighted by Gasteiger charge is 2.16. The topological polar surface area (TPSA) is 124 Å². The van der Waals surface area contributed by atoms with Gasteiger partial charge in [-0.25, -0.2) is 4.98 Å². The van der Waals surface area contributed by atoms with E-state index in [1.165, 1.54) is 18.3 Å². The third-order valence-electron chi connectivity index (χ3n) is 6.41. The van der Waals surface area contributed by atoms with Gasteiger partial charge in [0, 0.05) is 17.0 Å². The zero-order valence-electron chi connectivity index (χ0n) is 24.3. The number of nitrogens with one attached hydrogen (secondary N) is 1. The molecule has 0 atom stereocenters. The fourth-order valence-corrected chi connectivity index (χ4v) is 6.34. The van der Waals surface area contributed by atoms with E-state index in [0.717, 1.165) is 38.7 Å². The van der Waals surface area contributed by atoms with Crippen LogP contribution in [0.4, 0.5) is 5.69 Å². The number of aromatic hydroxyl groups is 1. The number of phenolic OH excluding ortho intramolecular Hbond substituents is 1. The fourth-order valence-electron chi connectivity index (χ4n) is 4.25. The van der Waals surface area contributed by atoms with Crippen molar-refractivity contribution in [3.63, 3.8) is 0 Å². The van der Waals surface area contributed by atoms with Crippen LogP contribution in [0.5, 0.6) is 17.2 Å². The molecule has 11 heteroatoms. The Kier molecular flexibility index (Phi) is 11.4. The van der Waals surface area contributed by atoms with Gasteiger partial charge in [0.25, 0.3) is 0 Å². The SMILES string of the molecule is CCCc1c(OCCCSc2nc3ccc(NC(=O)CC(=O)OCc4ccc(OC)cc4)cc3s2)ccc(C(C)=O)c1O. The lowest BCUT2D eigenvalue weighted by molar-refractivity contribution is -0.146. The summed E-state index contributed by atoms with van der Waals surface area (Å²) in [4.78, 5) is 41.0. The summed E-state index contributed by atoms with van der Waals surface area (Å²) in [5.41, 5.74) is 3.19. The third-order valence-corrected chi connectivity index (χ3v) is 8.65. The van der Waals surface area contributed by atoms with E-state index in [-0.39, 0.29) is 24.6 Å². The van der Waals surface area contributed by atoms with Crippen LogP contribution >= 0.6 is 23.1 Å². The van der Waals surface area contributed by atoms with Crippen LogP contribution in [0.15, 0.2) is 58.9 Å². The standard InChI is InChI=1S/C32H34N2O7S2/c1-4-6-25-27(14-12-24(20(2)35)31(25)38)40-15-5-16-42-32-34-26-13-9-22(17-28(26)43-32)33-29(36)18-30(37)41-19-21-7-10-23(39-3)11-8-21/h7-14,17,38H,4-6,15-16,18-19H2,1-3H3,(H,33,36). The number of esters is 1. The Hall–Kier alpha value is -4.09. The molecular formula is C32H34N2O7S2. The molecule has 0 saturated heterocycles. The molecule has 0 spiro atoms. The molecule has 2 N–H and O–H groups in total. The minimum atomic E-state index is -0.610. The molecule has 0 saturated carbocycles. The Balaban J connectivity index is 1.22. The lowest BCUT2D eigenvalue weighted by atomic mass is 10.0. The Morgan fingerprint density at radius 3 is 2.58 bits per heavy atom. The normalized spacial score (nSPS) is 10.9. The van der Waals surface area contributed by atoms with Gasteiger partial charge in [-0.05, 0) is 67.8 Å². The largest absolute Gasteiger partial charge is 0.507 e. The molecule has 0 radical (unpaired) electrons. The number of anilines is 1. The first-order valence-corrected chi connectivity index (χ1v) is 15.7. The molecule has 0 unspecified atom stereocenters. The maximum absolute atomic E-state index is 12.4. The Morgan fingerprint density at radius 1 is 1.07 bits per heavy atom. The van der Waals surface area contributed by atoms with Crippen molar-refractivity contribution >= 4 is 56.7 Å². The number of hydrogen-bond donors (Lipinski definition) is 2. The molecule has 4 rings (SSSR count). The Labute approximate surface area is 258 Å². The molecule has 1 amide bonds. The van der Waals surface area contributed by atoms with E-state index in [9.17, 15) is 19.5 Å². The maximum atomic E-state index is 12.4. The van der Waals surface area contributed by atoms with Gasteiger partial charge in [-0.3, -0.25) is 14.4 Å². The number of Topliss-reactive ketones (excluding diaryl/α,β-unsaturated/α-hetero) is 1. The predicted molar refractivity (Wildman–Crippen MR) is 169 cm³/mol. The van der Waals surface area contributed by atoms with Gasteiger partial charge in [0.05, 0.1) is 29.5 Å². The van der Waals surface area contributed by atoms with Crippen LogP contribution in [0.2, 0.25) is 0 Å². The van der Waals surface area contributed by atoms with E-state index in [1.54, 1.807) is 61.3 Å². The smallest absolute Gasteiger partial charge is 0.315 e. The first kappa shape index (κ1) is 31.8. The quantitative estimate of drug-likeness (QED) is 0.0484. The van der Waals surface area contributed by atoms with Crippen LogP contribution < -0.4 is 14.8 Å². The summed E-state index contributed by atoms with van der Waals surface area (Å²) in [6, 6.07) is 15.9. The second-order valence-electron chi connectivity index (χ2n) is 9.69. The molecule has 3 aromatic carbocycles. The molecular weight excluding hydrogens is 588 g/mol. The molecule has 4 aromatic rings. The first-order valence-electron chi connectivity index (χ1n) is 13.9. The number of benzene rings is 3. The number of ether oxygens (including phenoxy) is 3. The van der Waals surface area contributed by atoms with Crippen LogP contribution in [0, 0.1) is 0 Å². The number of nitrogens with zero attached hydrogens (tertiary/aromatic N) is 1.